The van der Waals surface area contributed by atoms with Crippen LogP contribution in [0.25, 0.3) is 0 Å². The highest BCUT2D eigenvalue weighted by Gasteiger charge is 2.70. The molecule has 0 saturated heterocycles. The molecule has 5 aliphatic carbocycles. The molecule has 0 spiro atoms. The average molecular weight is 649 g/mol. The molecular weight excluding hydrogens is 600 g/mol. The second-order valence-corrected chi connectivity index (χ2v) is 17.9. The van der Waals surface area contributed by atoms with Crippen molar-refractivity contribution in [3.63, 3.8) is 0 Å². The minimum Gasteiger partial charge on any atom is -0.481 e. The fourth-order valence-electron chi connectivity index (χ4n) is 11.2. The Morgan fingerprint density at radius 2 is 1.56 bits per heavy atom. The Hall–Kier alpha value is -1.09. The van der Waals surface area contributed by atoms with E-state index >= 15 is 0 Å². The predicted molar refractivity (Wildman–Crippen MR) is 156 cm³/mol. The normalized spacial score (nSPS) is 48.2. The molecule has 11 nitrogen and oxygen atoms in total. The highest BCUT2D eigenvalue weighted by atomic mass is 32.3. The van der Waals surface area contributed by atoms with E-state index in [1.54, 1.807) is 6.92 Å². The quantitative estimate of drug-likeness (QED) is 0.219. The predicted octanol–water partition coefficient (Wildman–Crippen LogP) is 4.83. The number of hydrogen-bond donors (Lipinski definition) is 4. The summed E-state index contributed by atoms with van der Waals surface area (Å²) >= 11 is 0. The van der Waals surface area contributed by atoms with Crippen LogP contribution in [0.5, 0.6) is 0 Å². The van der Waals surface area contributed by atoms with Crippen LogP contribution in [0.2, 0.25) is 0 Å². The molecule has 0 aromatic heterocycles. The van der Waals surface area contributed by atoms with Crippen LogP contribution in [-0.2, 0) is 34.0 Å². The van der Waals surface area contributed by atoms with Gasteiger partial charge in [-0.1, -0.05) is 46.3 Å². The van der Waals surface area contributed by atoms with Crippen LogP contribution in [0, 0.1) is 50.2 Å². The summed E-state index contributed by atoms with van der Waals surface area (Å²) < 4.78 is 75.9. The zero-order valence-electron chi connectivity index (χ0n) is 25.8. The Kier molecular flexibility index (Phi) is 7.90. The zero-order valence-corrected chi connectivity index (χ0v) is 27.5. The lowest BCUT2D eigenvalue weighted by molar-refractivity contribution is -0.211. The van der Waals surface area contributed by atoms with Crippen molar-refractivity contribution in [1.82, 2.24) is 0 Å². The molecule has 0 amide bonds. The van der Waals surface area contributed by atoms with Gasteiger partial charge in [0, 0.05) is 12.0 Å². The van der Waals surface area contributed by atoms with Gasteiger partial charge < -0.3 is 10.2 Å². The van der Waals surface area contributed by atoms with Gasteiger partial charge in [-0.15, -0.1) is 0 Å². The van der Waals surface area contributed by atoms with Crippen LogP contribution in [-0.4, -0.2) is 61.4 Å². The van der Waals surface area contributed by atoms with Crippen molar-refractivity contribution in [2.24, 2.45) is 50.2 Å². The maximum absolute atomic E-state index is 12.9. The molecule has 10 unspecified atom stereocenters. The standard InChI is InChI=1S/C30H48O11S2/c1-25(17-31)12-14-30(24(32)33)15-13-28(4)19(20(30)16-25)6-7-22-26(2)10-9-23(41-43(37,38)39)27(3,18-40-42(34,35)36)21(26)8-11-29(22,28)5/h6,20-23,31H,7-18H2,1-5H3,(H,32,33)(H,34,35,36)(H,37,38,39). The Morgan fingerprint density at radius 1 is 0.907 bits per heavy atom. The van der Waals surface area contributed by atoms with Crippen molar-refractivity contribution in [3.05, 3.63) is 11.6 Å². The third-order valence-corrected chi connectivity index (χ3v) is 14.7. The lowest BCUT2D eigenvalue weighted by Gasteiger charge is -2.71. The molecule has 10 atom stereocenters. The van der Waals surface area contributed by atoms with E-state index in [0.717, 1.165) is 12.8 Å². The van der Waals surface area contributed by atoms with E-state index in [4.69, 9.17) is 8.37 Å². The number of carbonyl (C=O) groups is 1. The summed E-state index contributed by atoms with van der Waals surface area (Å²) in [6, 6.07) is 0. The molecule has 246 valence electrons. The van der Waals surface area contributed by atoms with Gasteiger partial charge in [-0.2, -0.15) is 16.8 Å². The van der Waals surface area contributed by atoms with Crippen LogP contribution in [0.15, 0.2) is 11.6 Å². The van der Waals surface area contributed by atoms with Crippen molar-refractivity contribution in [2.45, 2.75) is 105 Å². The van der Waals surface area contributed by atoms with Crippen LogP contribution in [0.3, 0.4) is 0 Å². The molecule has 0 bridgehead atoms. The average Bonchev–Trinajstić information content (AvgIpc) is 2.88. The summed E-state index contributed by atoms with van der Waals surface area (Å²) in [6.45, 7) is 10.0. The van der Waals surface area contributed by atoms with Crippen molar-refractivity contribution in [1.29, 1.82) is 0 Å². The third-order valence-electron chi connectivity index (χ3n) is 13.8. The van der Waals surface area contributed by atoms with E-state index in [1.807, 2.05) is 6.92 Å². The van der Waals surface area contributed by atoms with E-state index in [1.165, 1.54) is 5.57 Å². The van der Waals surface area contributed by atoms with Gasteiger partial charge >= 0.3 is 26.8 Å². The van der Waals surface area contributed by atoms with Gasteiger partial charge in [-0.3, -0.25) is 13.9 Å². The Labute approximate surface area is 255 Å². The highest BCUT2D eigenvalue weighted by molar-refractivity contribution is 7.81. The third kappa shape index (κ3) is 5.04. The zero-order chi connectivity index (χ0) is 32.1. The molecule has 0 aromatic rings. The maximum Gasteiger partial charge on any atom is 0.397 e. The number of fused-ring (bicyclic) bond motifs is 7. The van der Waals surface area contributed by atoms with Crippen LogP contribution in [0.1, 0.15) is 98.8 Å². The van der Waals surface area contributed by atoms with E-state index in [9.17, 15) is 40.9 Å². The van der Waals surface area contributed by atoms with E-state index in [2.05, 4.69) is 26.8 Å². The Morgan fingerprint density at radius 3 is 2.14 bits per heavy atom. The van der Waals surface area contributed by atoms with Gasteiger partial charge in [0.2, 0.25) is 0 Å². The Bertz CT molecular complexity index is 1410. The van der Waals surface area contributed by atoms with Gasteiger partial charge in [0.1, 0.15) is 0 Å². The molecule has 0 aliphatic heterocycles. The summed E-state index contributed by atoms with van der Waals surface area (Å²) in [5, 5.41) is 20.8. The molecule has 4 fully saturated rings. The fraction of sp³-hybridized carbons (Fsp3) is 0.900. The molecular formula is C30H48O11S2. The van der Waals surface area contributed by atoms with Gasteiger partial charge in [-0.05, 0) is 104 Å². The van der Waals surface area contributed by atoms with E-state index in [-0.39, 0.29) is 47.0 Å². The molecule has 0 radical (unpaired) electrons. The molecule has 0 aromatic carbocycles. The van der Waals surface area contributed by atoms with Crippen LogP contribution in [0.4, 0.5) is 0 Å². The minimum atomic E-state index is -4.85. The van der Waals surface area contributed by atoms with Gasteiger partial charge in [0.05, 0.1) is 18.1 Å². The molecule has 4 saturated carbocycles. The smallest absolute Gasteiger partial charge is 0.397 e. The fourth-order valence-corrected chi connectivity index (χ4v) is 12.2. The van der Waals surface area contributed by atoms with Crippen molar-refractivity contribution in [3.8, 4) is 0 Å². The van der Waals surface area contributed by atoms with Crippen LogP contribution < -0.4 is 0 Å². The van der Waals surface area contributed by atoms with Gasteiger partial charge in [0.15, 0.2) is 0 Å². The summed E-state index contributed by atoms with van der Waals surface area (Å²) in [6.07, 6.45) is 7.17. The van der Waals surface area contributed by atoms with Crippen molar-refractivity contribution in [2.75, 3.05) is 13.2 Å². The number of hydrogen-bond acceptors (Lipinski definition) is 8. The van der Waals surface area contributed by atoms with E-state index in [0.29, 0.717) is 44.9 Å². The molecule has 13 heteroatoms. The summed E-state index contributed by atoms with van der Waals surface area (Å²) in [7, 11) is -9.67. The second-order valence-electron chi connectivity index (χ2n) is 15.7. The minimum absolute atomic E-state index is 0.0137. The number of rotatable bonds is 7. The first-order valence-electron chi connectivity index (χ1n) is 15.4. The SMILES string of the molecule is CC1(CO)CCC2(C(=O)O)CCC3(C)C(=CCC4C5(C)CCC(OS(=O)(=O)O)C(C)(COS(=O)(=O)O)C5CCC43C)C2C1. The number of aliphatic hydroxyl groups excluding tert-OH is 1. The van der Waals surface area contributed by atoms with E-state index < -0.39 is 55.7 Å². The first kappa shape index (κ1) is 33.3. The van der Waals surface area contributed by atoms with Crippen LogP contribution >= 0.6 is 0 Å². The number of aliphatic carboxylic acids is 1. The number of carboxylic acid groups (broad SMARTS) is 1. The van der Waals surface area contributed by atoms with Crippen molar-refractivity contribution < 1.29 is 49.3 Å². The largest absolute Gasteiger partial charge is 0.481 e. The second kappa shape index (κ2) is 10.2. The maximum atomic E-state index is 12.9. The van der Waals surface area contributed by atoms with Gasteiger partial charge in [-0.25, -0.2) is 8.37 Å². The topological polar surface area (TPSA) is 185 Å². The number of carboxylic acids is 1. The number of aliphatic hydroxyl groups is 1. The monoisotopic (exact) mass is 648 g/mol. The van der Waals surface area contributed by atoms with Crippen molar-refractivity contribution >= 4 is 26.8 Å². The summed E-state index contributed by atoms with van der Waals surface area (Å²) in [5.74, 6) is -1.08. The molecule has 4 N–H and O–H groups in total. The highest BCUT2D eigenvalue weighted by Crippen LogP contribution is 2.76. The lowest BCUT2D eigenvalue weighted by atomic mass is 9.33. The molecule has 43 heavy (non-hydrogen) atoms. The number of allylic oxidation sites excluding steroid dienone is 2. The first-order chi connectivity index (χ1) is 19.6. The molecule has 0 heterocycles. The summed E-state index contributed by atoms with van der Waals surface area (Å²) in [5.41, 5.74) is -2.09. The molecule has 5 aliphatic rings. The first-order valence-corrected chi connectivity index (χ1v) is 18.1. The van der Waals surface area contributed by atoms with Gasteiger partial charge in [0.25, 0.3) is 0 Å². The Balaban J connectivity index is 1.57. The lowest BCUT2D eigenvalue weighted by Crippen LogP contribution is -2.66. The molecule has 5 rings (SSSR count). The summed E-state index contributed by atoms with van der Waals surface area (Å²) in [4.78, 5) is 12.9.